The Bertz CT molecular complexity index is 217. The first kappa shape index (κ1) is 15.3. The third kappa shape index (κ3) is 9.87. The van der Waals surface area contributed by atoms with E-state index < -0.39 is 0 Å². The van der Waals surface area contributed by atoms with Crippen molar-refractivity contribution in [2.24, 2.45) is 0 Å². The molecular formula is C11H22NO4+. The molecule has 0 aliphatic rings. The molecule has 0 rings (SSSR count). The zero-order chi connectivity index (χ0) is 12.6. The molecule has 5 nitrogen and oxygen atoms in total. The normalized spacial score (nSPS) is 13.8. The molecule has 94 valence electrons. The predicted octanol–water partition coefficient (Wildman–Crippen LogP) is 2.42. The predicted molar refractivity (Wildman–Crippen MR) is 61.1 cm³/mol. The molecule has 0 aliphatic heterocycles. The SMILES string of the molecule is C#[N+]CC(COOC(C)C)OOC(C)(C)C. The van der Waals surface area contributed by atoms with Gasteiger partial charge in [-0.1, -0.05) is 4.85 Å². The number of hydrogen-bond acceptors (Lipinski definition) is 4. The Hall–Kier alpha value is -0.670. The molecule has 0 aliphatic carbocycles. The Morgan fingerprint density at radius 1 is 1.19 bits per heavy atom. The molecule has 1 atom stereocenters. The van der Waals surface area contributed by atoms with E-state index in [-0.39, 0.29) is 31.0 Å². The summed E-state index contributed by atoms with van der Waals surface area (Å²) in [6.45, 7) is 15.0. The summed E-state index contributed by atoms with van der Waals surface area (Å²) in [7, 11) is 0. The van der Waals surface area contributed by atoms with Crippen LogP contribution in [0.3, 0.4) is 0 Å². The topological polar surface area (TPSA) is 41.3 Å². The van der Waals surface area contributed by atoms with Gasteiger partial charge < -0.3 is 0 Å². The fourth-order valence-corrected chi connectivity index (χ4v) is 0.692. The van der Waals surface area contributed by atoms with Crippen molar-refractivity contribution < 1.29 is 19.6 Å². The molecule has 0 saturated carbocycles. The van der Waals surface area contributed by atoms with Crippen molar-refractivity contribution in [3.8, 4) is 6.57 Å². The molecule has 0 heterocycles. The molecule has 0 aromatic heterocycles. The maximum Gasteiger partial charge on any atom is 0.294 e. The van der Waals surface area contributed by atoms with Crippen LogP contribution in [0.4, 0.5) is 0 Å². The summed E-state index contributed by atoms with van der Waals surface area (Å²) in [5.74, 6) is 0. The van der Waals surface area contributed by atoms with Crippen molar-refractivity contribution in [2.75, 3.05) is 13.2 Å². The van der Waals surface area contributed by atoms with Crippen LogP contribution in [0.15, 0.2) is 0 Å². The molecule has 0 fully saturated rings. The van der Waals surface area contributed by atoms with Gasteiger partial charge in [-0.3, -0.25) is 0 Å². The molecule has 1 unspecified atom stereocenters. The maximum atomic E-state index is 5.15. The van der Waals surface area contributed by atoms with Gasteiger partial charge in [-0.05, 0) is 34.6 Å². The second-order valence-corrected chi connectivity index (χ2v) is 4.71. The fraction of sp³-hybridized carbons (Fsp3) is 0.909. The van der Waals surface area contributed by atoms with Crippen LogP contribution in [0.5, 0.6) is 0 Å². The van der Waals surface area contributed by atoms with Crippen molar-refractivity contribution in [3.63, 3.8) is 0 Å². The minimum Gasteiger partial charge on any atom is -0.234 e. The molecule has 0 N–H and O–H groups in total. The van der Waals surface area contributed by atoms with E-state index in [0.717, 1.165) is 0 Å². The van der Waals surface area contributed by atoms with Crippen LogP contribution >= 0.6 is 0 Å². The highest BCUT2D eigenvalue weighted by Gasteiger charge is 2.21. The molecular weight excluding hydrogens is 210 g/mol. The zero-order valence-electron chi connectivity index (χ0n) is 10.7. The van der Waals surface area contributed by atoms with Crippen molar-refractivity contribution in [1.82, 2.24) is 0 Å². The second kappa shape index (κ2) is 7.58. The largest absolute Gasteiger partial charge is 0.294 e. The van der Waals surface area contributed by atoms with Gasteiger partial charge in [0.1, 0.15) is 6.61 Å². The summed E-state index contributed by atoms with van der Waals surface area (Å²) in [6, 6.07) is 0. The molecule has 0 spiro atoms. The zero-order valence-corrected chi connectivity index (χ0v) is 10.7. The van der Waals surface area contributed by atoms with Crippen LogP contribution in [0.2, 0.25) is 0 Å². The quantitative estimate of drug-likeness (QED) is 0.499. The Morgan fingerprint density at radius 3 is 2.25 bits per heavy atom. The standard InChI is InChI=1S/C11H22NO4/c1-9(2)14-13-8-10(7-12-6)15-16-11(3,4)5/h6,9-10H,7-8H2,1-5H3/q+1. The van der Waals surface area contributed by atoms with E-state index in [2.05, 4.69) is 4.85 Å². The van der Waals surface area contributed by atoms with Crippen LogP contribution in [0.25, 0.3) is 4.85 Å². The summed E-state index contributed by atoms with van der Waals surface area (Å²) in [4.78, 5) is 23.7. The minimum absolute atomic E-state index is 0.000926. The summed E-state index contributed by atoms with van der Waals surface area (Å²) in [5.41, 5.74) is -0.383. The Kier molecular flexibility index (Phi) is 7.26. The van der Waals surface area contributed by atoms with E-state index in [1.807, 2.05) is 34.6 Å². The molecule has 0 aromatic rings. The average Bonchev–Trinajstić information content (AvgIpc) is 2.12. The van der Waals surface area contributed by atoms with Gasteiger partial charge in [-0.25, -0.2) is 19.6 Å². The molecule has 0 aromatic carbocycles. The number of nitrogens with zero attached hydrogens (tertiary/aromatic N) is 1. The maximum absolute atomic E-state index is 5.15. The van der Waals surface area contributed by atoms with Crippen LogP contribution < -0.4 is 0 Å². The highest BCUT2D eigenvalue weighted by molar-refractivity contribution is 4.73. The summed E-state index contributed by atoms with van der Waals surface area (Å²) >= 11 is 0. The lowest BCUT2D eigenvalue weighted by atomic mass is 10.2. The van der Waals surface area contributed by atoms with Crippen molar-refractivity contribution in [1.29, 1.82) is 0 Å². The lowest BCUT2D eigenvalue weighted by Gasteiger charge is -2.20. The van der Waals surface area contributed by atoms with E-state index in [9.17, 15) is 0 Å². The van der Waals surface area contributed by atoms with Gasteiger partial charge in [-0.15, -0.1) is 0 Å². The Balaban J connectivity index is 3.85. The molecule has 0 radical (unpaired) electrons. The van der Waals surface area contributed by atoms with E-state index in [1.165, 1.54) is 0 Å². The first-order valence-corrected chi connectivity index (χ1v) is 5.34. The van der Waals surface area contributed by atoms with Crippen LogP contribution in [0.1, 0.15) is 34.6 Å². The first-order chi connectivity index (χ1) is 7.35. The van der Waals surface area contributed by atoms with Crippen molar-refractivity contribution in [3.05, 3.63) is 4.85 Å². The lowest BCUT2D eigenvalue weighted by molar-refractivity contribution is -0.398. The third-order valence-electron chi connectivity index (χ3n) is 1.26. The van der Waals surface area contributed by atoms with Crippen LogP contribution in [-0.4, -0.2) is 31.0 Å². The molecule has 5 heteroatoms. The Labute approximate surface area is 97.3 Å². The van der Waals surface area contributed by atoms with Gasteiger partial charge in [0.05, 0.1) is 11.7 Å². The third-order valence-corrected chi connectivity index (χ3v) is 1.26. The van der Waals surface area contributed by atoms with E-state index in [4.69, 9.17) is 26.1 Å². The summed E-state index contributed by atoms with van der Waals surface area (Å²) < 4.78 is 0. The smallest absolute Gasteiger partial charge is 0.234 e. The van der Waals surface area contributed by atoms with Gasteiger partial charge in [0.15, 0.2) is 6.10 Å². The fourth-order valence-electron chi connectivity index (χ4n) is 0.692. The minimum atomic E-state index is -0.383. The van der Waals surface area contributed by atoms with E-state index in [1.54, 1.807) is 0 Å². The molecule has 0 saturated heterocycles. The van der Waals surface area contributed by atoms with Crippen LogP contribution in [-0.2, 0) is 19.6 Å². The van der Waals surface area contributed by atoms with Gasteiger partial charge in [0.25, 0.3) is 13.1 Å². The number of hydrogen-bond donors (Lipinski definition) is 0. The summed E-state index contributed by atoms with van der Waals surface area (Å²) in [5, 5.41) is 0. The van der Waals surface area contributed by atoms with Gasteiger partial charge >= 0.3 is 0 Å². The molecule has 0 amide bonds. The highest BCUT2D eigenvalue weighted by Crippen LogP contribution is 2.10. The summed E-state index contributed by atoms with van der Waals surface area (Å²) in [6.07, 6.45) is -0.373. The van der Waals surface area contributed by atoms with Crippen LogP contribution in [0, 0.1) is 6.57 Å². The number of rotatable bonds is 7. The molecule has 16 heavy (non-hydrogen) atoms. The molecule has 0 bridgehead atoms. The second-order valence-electron chi connectivity index (χ2n) is 4.71. The van der Waals surface area contributed by atoms with E-state index in [0.29, 0.717) is 0 Å². The van der Waals surface area contributed by atoms with Gasteiger partial charge in [0.2, 0.25) is 0 Å². The van der Waals surface area contributed by atoms with Gasteiger partial charge in [0, 0.05) is 0 Å². The monoisotopic (exact) mass is 232 g/mol. The van der Waals surface area contributed by atoms with E-state index >= 15 is 0 Å². The highest BCUT2D eigenvalue weighted by atomic mass is 17.2. The first-order valence-electron chi connectivity index (χ1n) is 5.34. The van der Waals surface area contributed by atoms with Gasteiger partial charge in [-0.2, -0.15) is 0 Å². The average molecular weight is 232 g/mol. The van der Waals surface area contributed by atoms with Crippen molar-refractivity contribution >= 4 is 0 Å². The van der Waals surface area contributed by atoms with Crippen molar-refractivity contribution in [2.45, 2.75) is 52.4 Å². The lowest BCUT2D eigenvalue weighted by Crippen LogP contribution is -2.29. The Morgan fingerprint density at radius 2 is 1.81 bits per heavy atom.